The molecular formula is C14H15BrN2O3. The molecule has 2 aromatic rings. The molecule has 0 aliphatic carbocycles. The molecule has 6 heteroatoms. The van der Waals surface area contributed by atoms with E-state index in [4.69, 9.17) is 9.26 Å². The van der Waals surface area contributed by atoms with Gasteiger partial charge in [-0.05, 0) is 41.1 Å². The maximum Gasteiger partial charge on any atom is 0.251 e. The van der Waals surface area contributed by atoms with Gasteiger partial charge in [-0.2, -0.15) is 0 Å². The number of rotatable bonds is 5. The number of aromatic nitrogens is 1. The predicted molar refractivity (Wildman–Crippen MR) is 78.0 cm³/mol. The molecule has 1 N–H and O–H groups in total. The molecule has 1 aromatic heterocycles. The summed E-state index contributed by atoms with van der Waals surface area (Å²) in [7, 11) is 1.58. The summed E-state index contributed by atoms with van der Waals surface area (Å²) >= 11 is 3.36. The van der Waals surface area contributed by atoms with Gasteiger partial charge in [0.25, 0.3) is 5.91 Å². The van der Waals surface area contributed by atoms with Gasteiger partial charge in [-0.15, -0.1) is 0 Å². The van der Waals surface area contributed by atoms with E-state index in [0.717, 1.165) is 15.9 Å². The van der Waals surface area contributed by atoms with E-state index in [1.165, 1.54) is 0 Å². The lowest BCUT2D eigenvalue weighted by Gasteiger charge is -2.07. The molecule has 0 aliphatic rings. The Bertz CT molecular complexity index is 610. The van der Waals surface area contributed by atoms with E-state index >= 15 is 0 Å². The molecule has 2 rings (SSSR count). The van der Waals surface area contributed by atoms with Crippen LogP contribution in [0.5, 0.6) is 5.75 Å². The number of carbonyl (C=O) groups excluding carboxylic acids is 1. The molecule has 106 valence electrons. The van der Waals surface area contributed by atoms with Crippen molar-refractivity contribution in [2.24, 2.45) is 0 Å². The second kappa shape index (κ2) is 6.56. The van der Waals surface area contributed by atoms with Crippen molar-refractivity contribution in [1.29, 1.82) is 0 Å². The molecule has 0 unspecified atom stereocenters. The summed E-state index contributed by atoms with van der Waals surface area (Å²) in [4.78, 5) is 12.0. The minimum atomic E-state index is -0.131. The first-order valence-electron chi connectivity index (χ1n) is 6.14. The highest BCUT2D eigenvalue weighted by Crippen LogP contribution is 2.25. The first-order valence-corrected chi connectivity index (χ1v) is 6.93. The monoisotopic (exact) mass is 338 g/mol. The number of nitrogens with zero attached hydrogens (tertiary/aromatic N) is 1. The molecule has 0 bridgehead atoms. The number of ether oxygens (including phenoxy) is 1. The van der Waals surface area contributed by atoms with E-state index in [9.17, 15) is 4.79 Å². The zero-order valence-corrected chi connectivity index (χ0v) is 12.9. The normalized spacial score (nSPS) is 10.3. The van der Waals surface area contributed by atoms with Gasteiger partial charge in [0.05, 0.1) is 17.3 Å². The fraction of sp³-hybridized carbons (Fsp3) is 0.286. The SMILES string of the molecule is COc1ccc(C(=O)NCCc2cc(C)on2)cc1Br. The van der Waals surface area contributed by atoms with Crippen LogP contribution in [0.15, 0.2) is 33.3 Å². The number of aryl methyl sites for hydroxylation is 1. The summed E-state index contributed by atoms with van der Waals surface area (Å²) in [5.41, 5.74) is 1.41. The van der Waals surface area contributed by atoms with Crippen LogP contribution in [0.2, 0.25) is 0 Å². The van der Waals surface area contributed by atoms with Gasteiger partial charge in [-0.25, -0.2) is 0 Å². The lowest BCUT2D eigenvalue weighted by Crippen LogP contribution is -2.25. The number of carbonyl (C=O) groups is 1. The predicted octanol–water partition coefficient (Wildman–Crippen LogP) is 2.73. The highest BCUT2D eigenvalue weighted by Gasteiger charge is 2.09. The van der Waals surface area contributed by atoms with Gasteiger partial charge in [0.15, 0.2) is 0 Å². The van der Waals surface area contributed by atoms with Crippen molar-refractivity contribution >= 4 is 21.8 Å². The number of halogens is 1. The Balaban J connectivity index is 1.90. The Morgan fingerprint density at radius 3 is 2.85 bits per heavy atom. The minimum absolute atomic E-state index is 0.131. The third kappa shape index (κ3) is 3.60. The van der Waals surface area contributed by atoms with Crippen molar-refractivity contribution in [1.82, 2.24) is 10.5 Å². The number of amides is 1. The smallest absolute Gasteiger partial charge is 0.251 e. The van der Waals surface area contributed by atoms with Crippen LogP contribution in [-0.4, -0.2) is 24.7 Å². The molecule has 1 aromatic carbocycles. The fourth-order valence-electron chi connectivity index (χ4n) is 1.75. The Labute approximate surface area is 125 Å². The molecule has 0 atom stereocenters. The lowest BCUT2D eigenvalue weighted by molar-refractivity contribution is 0.0954. The van der Waals surface area contributed by atoms with Crippen LogP contribution in [0.1, 0.15) is 21.8 Å². The second-order valence-electron chi connectivity index (χ2n) is 4.28. The molecule has 1 heterocycles. The number of nitrogens with one attached hydrogen (secondary N) is 1. The van der Waals surface area contributed by atoms with Crippen LogP contribution >= 0.6 is 15.9 Å². The van der Waals surface area contributed by atoms with Gasteiger partial charge in [0.2, 0.25) is 0 Å². The van der Waals surface area contributed by atoms with Gasteiger partial charge < -0.3 is 14.6 Å². The van der Waals surface area contributed by atoms with Crippen LogP contribution in [-0.2, 0) is 6.42 Å². The number of hydrogen-bond acceptors (Lipinski definition) is 4. The third-order valence-electron chi connectivity index (χ3n) is 2.76. The third-order valence-corrected chi connectivity index (χ3v) is 3.38. The number of hydrogen-bond donors (Lipinski definition) is 1. The van der Waals surface area contributed by atoms with E-state index in [2.05, 4.69) is 26.4 Å². The Kier molecular flexibility index (Phi) is 4.79. The fourth-order valence-corrected chi connectivity index (χ4v) is 2.29. The van der Waals surface area contributed by atoms with Crippen molar-refractivity contribution in [2.75, 3.05) is 13.7 Å². The minimum Gasteiger partial charge on any atom is -0.496 e. The zero-order valence-electron chi connectivity index (χ0n) is 11.3. The Hall–Kier alpha value is -1.82. The first-order chi connectivity index (χ1) is 9.60. The topological polar surface area (TPSA) is 64.4 Å². The summed E-state index contributed by atoms with van der Waals surface area (Å²) < 4.78 is 10.8. The lowest BCUT2D eigenvalue weighted by atomic mass is 10.2. The standard InChI is InChI=1S/C14H15BrN2O3/c1-9-7-11(17-20-9)5-6-16-14(18)10-3-4-13(19-2)12(15)8-10/h3-4,7-8H,5-6H2,1-2H3,(H,16,18). The summed E-state index contributed by atoms with van der Waals surface area (Å²) in [6.07, 6.45) is 0.639. The zero-order chi connectivity index (χ0) is 14.5. The first kappa shape index (κ1) is 14.6. The van der Waals surface area contributed by atoms with Crippen LogP contribution in [0.25, 0.3) is 0 Å². The molecule has 1 amide bonds. The maximum absolute atomic E-state index is 12.0. The molecule has 5 nitrogen and oxygen atoms in total. The molecule has 20 heavy (non-hydrogen) atoms. The van der Waals surface area contributed by atoms with Crippen molar-refractivity contribution in [3.63, 3.8) is 0 Å². The van der Waals surface area contributed by atoms with Crippen molar-refractivity contribution in [3.05, 3.63) is 45.8 Å². The Morgan fingerprint density at radius 1 is 1.45 bits per heavy atom. The van der Waals surface area contributed by atoms with E-state index in [0.29, 0.717) is 24.3 Å². The molecule has 0 saturated carbocycles. The molecule has 0 fully saturated rings. The van der Waals surface area contributed by atoms with Crippen LogP contribution in [0, 0.1) is 6.92 Å². The number of methoxy groups -OCH3 is 1. The van der Waals surface area contributed by atoms with Crippen molar-refractivity contribution in [2.45, 2.75) is 13.3 Å². The molecule has 0 saturated heterocycles. The van der Waals surface area contributed by atoms with Gasteiger partial charge in [-0.1, -0.05) is 5.16 Å². The highest BCUT2D eigenvalue weighted by atomic mass is 79.9. The van der Waals surface area contributed by atoms with Gasteiger partial charge in [0, 0.05) is 24.6 Å². The highest BCUT2D eigenvalue weighted by molar-refractivity contribution is 9.10. The average molecular weight is 339 g/mol. The van der Waals surface area contributed by atoms with Crippen LogP contribution in [0.3, 0.4) is 0 Å². The van der Waals surface area contributed by atoms with Gasteiger partial charge in [-0.3, -0.25) is 4.79 Å². The van der Waals surface area contributed by atoms with E-state index in [1.807, 2.05) is 13.0 Å². The molecular weight excluding hydrogens is 324 g/mol. The summed E-state index contributed by atoms with van der Waals surface area (Å²) in [5, 5.41) is 6.71. The quantitative estimate of drug-likeness (QED) is 0.910. The van der Waals surface area contributed by atoms with Crippen molar-refractivity contribution in [3.8, 4) is 5.75 Å². The molecule has 0 radical (unpaired) electrons. The molecule has 0 aliphatic heterocycles. The van der Waals surface area contributed by atoms with Crippen molar-refractivity contribution < 1.29 is 14.1 Å². The summed E-state index contributed by atoms with van der Waals surface area (Å²) in [6, 6.07) is 7.06. The number of benzene rings is 1. The van der Waals surface area contributed by atoms with Gasteiger partial charge >= 0.3 is 0 Å². The van der Waals surface area contributed by atoms with E-state index in [-0.39, 0.29) is 5.91 Å². The van der Waals surface area contributed by atoms with E-state index < -0.39 is 0 Å². The molecule has 0 spiro atoms. The van der Waals surface area contributed by atoms with Crippen LogP contribution in [0.4, 0.5) is 0 Å². The van der Waals surface area contributed by atoms with Gasteiger partial charge in [0.1, 0.15) is 11.5 Å². The average Bonchev–Trinajstić information content (AvgIpc) is 2.84. The van der Waals surface area contributed by atoms with E-state index in [1.54, 1.807) is 25.3 Å². The maximum atomic E-state index is 12.0. The largest absolute Gasteiger partial charge is 0.496 e. The summed E-state index contributed by atoms with van der Waals surface area (Å²) in [5.74, 6) is 1.33. The van der Waals surface area contributed by atoms with Crippen LogP contribution < -0.4 is 10.1 Å². The second-order valence-corrected chi connectivity index (χ2v) is 5.14. The Morgan fingerprint density at radius 2 is 2.25 bits per heavy atom. The summed E-state index contributed by atoms with van der Waals surface area (Å²) in [6.45, 7) is 2.35.